The van der Waals surface area contributed by atoms with E-state index in [2.05, 4.69) is 31.9 Å². The zero-order chi connectivity index (χ0) is 9.56. The second kappa shape index (κ2) is 6.02. The van der Waals surface area contributed by atoms with Crippen molar-refractivity contribution in [1.29, 1.82) is 0 Å². The second-order valence-corrected chi connectivity index (χ2v) is 3.45. The van der Waals surface area contributed by atoms with E-state index in [9.17, 15) is 0 Å². The highest BCUT2D eigenvalue weighted by Crippen LogP contribution is 2.26. The first kappa shape index (κ1) is 11.4. The summed E-state index contributed by atoms with van der Waals surface area (Å²) < 4.78 is 1.86. The number of nitrogen functional groups attached to an aromatic ring is 1. The van der Waals surface area contributed by atoms with Gasteiger partial charge in [-0.2, -0.15) is 0 Å². The lowest BCUT2D eigenvalue weighted by molar-refractivity contribution is -0.122. The van der Waals surface area contributed by atoms with Gasteiger partial charge in [0.15, 0.2) is 0 Å². The number of anilines is 1. The van der Waals surface area contributed by atoms with E-state index in [1.54, 1.807) is 0 Å². The van der Waals surface area contributed by atoms with Crippen LogP contribution in [0.3, 0.4) is 0 Å². The predicted molar refractivity (Wildman–Crippen MR) is 54.9 cm³/mol. The first-order chi connectivity index (χ1) is 5.63. The van der Waals surface area contributed by atoms with E-state index in [0.717, 1.165) is 14.6 Å². The number of hydrogen-bond acceptors (Lipinski definition) is 2. The normalized spacial score (nSPS) is 8.17. The minimum atomic E-state index is -0.250. The average Bonchev–Trinajstić information content (AvgIpc) is 2.02. The standard InChI is InChI=1S/C6H5Br2N.CH2O2/c7-4-2-1-3-5(8)6(4)9;2-1-3/h1-3H,9H2;1H,(H,2,3). The van der Waals surface area contributed by atoms with Crippen molar-refractivity contribution in [3.63, 3.8) is 0 Å². The molecular weight excluding hydrogens is 290 g/mol. The van der Waals surface area contributed by atoms with Gasteiger partial charge >= 0.3 is 0 Å². The number of hydrogen-bond donors (Lipinski definition) is 2. The smallest absolute Gasteiger partial charge is 0.290 e. The van der Waals surface area contributed by atoms with Crippen LogP contribution < -0.4 is 5.73 Å². The number of para-hydroxylation sites is 1. The van der Waals surface area contributed by atoms with Gasteiger partial charge in [0.05, 0.1) is 5.69 Å². The third-order valence-corrected chi connectivity index (χ3v) is 2.38. The minimum absolute atomic E-state index is 0.250. The summed E-state index contributed by atoms with van der Waals surface area (Å²) in [6.07, 6.45) is 0. The van der Waals surface area contributed by atoms with Crippen LogP contribution in [-0.2, 0) is 4.79 Å². The maximum absolute atomic E-state index is 8.36. The van der Waals surface area contributed by atoms with Crippen LogP contribution >= 0.6 is 31.9 Å². The molecule has 0 saturated carbocycles. The zero-order valence-corrected chi connectivity index (χ0v) is 9.17. The van der Waals surface area contributed by atoms with Gasteiger partial charge in [0.2, 0.25) is 0 Å². The number of carboxylic acid groups (broad SMARTS) is 1. The molecule has 0 aliphatic carbocycles. The molecule has 1 rings (SSSR count). The maximum atomic E-state index is 8.36. The molecule has 0 saturated heterocycles. The van der Waals surface area contributed by atoms with Gasteiger partial charge in [-0.1, -0.05) is 6.07 Å². The van der Waals surface area contributed by atoms with Crippen LogP contribution in [0.5, 0.6) is 0 Å². The Hall–Kier alpha value is -0.550. The highest BCUT2D eigenvalue weighted by atomic mass is 79.9. The summed E-state index contributed by atoms with van der Waals surface area (Å²) in [4.78, 5) is 8.36. The van der Waals surface area contributed by atoms with Gasteiger partial charge < -0.3 is 10.8 Å². The van der Waals surface area contributed by atoms with E-state index < -0.39 is 0 Å². The molecule has 3 N–H and O–H groups in total. The van der Waals surface area contributed by atoms with Crippen molar-refractivity contribution in [1.82, 2.24) is 0 Å². The van der Waals surface area contributed by atoms with E-state index in [1.165, 1.54) is 0 Å². The largest absolute Gasteiger partial charge is 0.483 e. The number of nitrogens with two attached hydrogens (primary N) is 1. The monoisotopic (exact) mass is 295 g/mol. The molecule has 0 aliphatic heterocycles. The SMILES string of the molecule is Nc1c(Br)cccc1Br.O=CO. The maximum Gasteiger partial charge on any atom is 0.290 e. The Morgan fingerprint density at radius 2 is 1.67 bits per heavy atom. The molecule has 0 bridgehead atoms. The minimum Gasteiger partial charge on any atom is -0.483 e. The molecule has 1 aromatic carbocycles. The van der Waals surface area contributed by atoms with Crippen LogP contribution in [0.1, 0.15) is 0 Å². The fourth-order valence-electron chi connectivity index (χ4n) is 0.511. The van der Waals surface area contributed by atoms with E-state index >= 15 is 0 Å². The number of benzene rings is 1. The summed E-state index contributed by atoms with van der Waals surface area (Å²) in [6, 6.07) is 5.73. The molecule has 0 aliphatic rings. The zero-order valence-electron chi connectivity index (χ0n) is 6.00. The van der Waals surface area contributed by atoms with Crippen LogP contribution in [-0.4, -0.2) is 11.6 Å². The molecule has 0 spiro atoms. The molecule has 0 unspecified atom stereocenters. The van der Waals surface area contributed by atoms with Gasteiger partial charge in [-0.15, -0.1) is 0 Å². The van der Waals surface area contributed by atoms with Gasteiger partial charge in [-0.3, -0.25) is 4.79 Å². The molecule has 66 valence electrons. The Kier molecular flexibility index (Phi) is 5.74. The number of rotatable bonds is 0. The first-order valence-corrected chi connectivity index (χ1v) is 4.49. The Bertz CT molecular complexity index is 245. The Morgan fingerprint density at radius 1 is 1.33 bits per heavy atom. The Balaban J connectivity index is 0.000000354. The van der Waals surface area contributed by atoms with Crippen LogP contribution in [0.25, 0.3) is 0 Å². The molecule has 0 radical (unpaired) electrons. The van der Waals surface area contributed by atoms with Gasteiger partial charge in [-0.25, -0.2) is 0 Å². The Labute approximate surface area is 86.8 Å². The van der Waals surface area contributed by atoms with Crippen molar-refractivity contribution in [2.75, 3.05) is 5.73 Å². The number of halogens is 2. The lowest BCUT2D eigenvalue weighted by Gasteiger charge is -1.97. The molecular formula is C7H7Br2NO2. The molecule has 3 nitrogen and oxygen atoms in total. The van der Waals surface area contributed by atoms with Crippen molar-refractivity contribution in [2.24, 2.45) is 0 Å². The second-order valence-electron chi connectivity index (χ2n) is 1.74. The summed E-state index contributed by atoms with van der Waals surface area (Å²) in [7, 11) is 0. The molecule has 0 atom stereocenters. The summed E-state index contributed by atoms with van der Waals surface area (Å²) in [6.45, 7) is -0.250. The van der Waals surface area contributed by atoms with Gasteiger partial charge in [0.25, 0.3) is 6.47 Å². The van der Waals surface area contributed by atoms with Crippen LogP contribution in [0.2, 0.25) is 0 Å². The first-order valence-electron chi connectivity index (χ1n) is 2.90. The summed E-state index contributed by atoms with van der Waals surface area (Å²) >= 11 is 6.58. The van der Waals surface area contributed by atoms with E-state index in [0.29, 0.717) is 0 Å². The molecule has 0 fully saturated rings. The average molecular weight is 297 g/mol. The van der Waals surface area contributed by atoms with Gasteiger partial charge in [0, 0.05) is 8.95 Å². The van der Waals surface area contributed by atoms with Gasteiger partial charge in [-0.05, 0) is 44.0 Å². The topological polar surface area (TPSA) is 63.3 Å². The van der Waals surface area contributed by atoms with E-state index in [1.807, 2.05) is 18.2 Å². The lowest BCUT2D eigenvalue weighted by atomic mass is 10.3. The predicted octanol–water partition coefficient (Wildman–Crippen LogP) is 2.49. The fourth-order valence-corrected chi connectivity index (χ4v) is 1.51. The molecule has 0 aromatic heterocycles. The van der Waals surface area contributed by atoms with E-state index in [4.69, 9.17) is 15.6 Å². The quantitative estimate of drug-likeness (QED) is 0.571. The van der Waals surface area contributed by atoms with Crippen molar-refractivity contribution < 1.29 is 9.90 Å². The summed E-state index contributed by atoms with van der Waals surface area (Å²) in [5.74, 6) is 0. The highest BCUT2D eigenvalue weighted by molar-refractivity contribution is 9.11. The van der Waals surface area contributed by atoms with Gasteiger partial charge in [0.1, 0.15) is 0 Å². The van der Waals surface area contributed by atoms with Crippen molar-refractivity contribution in [3.05, 3.63) is 27.1 Å². The lowest BCUT2D eigenvalue weighted by Crippen LogP contribution is -1.86. The molecule has 5 heteroatoms. The van der Waals surface area contributed by atoms with Crippen molar-refractivity contribution in [2.45, 2.75) is 0 Å². The van der Waals surface area contributed by atoms with E-state index in [-0.39, 0.29) is 6.47 Å². The number of carbonyl (C=O) groups is 1. The third-order valence-electron chi connectivity index (χ3n) is 1.000. The van der Waals surface area contributed by atoms with Crippen LogP contribution in [0.15, 0.2) is 27.1 Å². The summed E-state index contributed by atoms with van der Waals surface area (Å²) in [5.41, 5.74) is 6.34. The molecule has 0 amide bonds. The van der Waals surface area contributed by atoms with Crippen molar-refractivity contribution >= 4 is 44.0 Å². The Morgan fingerprint density at radius 3 is 1.92 bits per heavy atom. The molecule has 1 aromatic rings. The highest BCUT2D eigenvalue weighted by Gasteiger charge is 1.96. The molecule has 0 heterocycles. The summed E-state index contributed by atoms with van der Waals surface area (Å²) in [5, 5.41) is 6.89. The van der Waals surface area contributed by atoms with Crippen LogP contribution in [0.4, 0.5) is 5.69 Å². The third kappa shape index (κ3) is 3.73. The van der Waals surface area contributed by atoms with Crippen molar-refractivity contribution in [3.8, 4) is 0 Å². The van der Waals surface area contributed by atoms with Crippen LogP contribution in [0, 0.1) is 0 Å². The fraction of sp³-hybridized carbons (Fsp3) is 0. The molecule has 12 heavy (non-hydrogen) atoms.